The molecule has 4 rings (SSSR count). The van der Waals surface area contributed by atoms with Crippen molar-refractivity contribution in [1.82, 2.24) is 10.7 Å². The Morgan fingerprint density at radius 3 is 2.73 bits per heavy atom. The van der Waals surface area contributed by atoms with Gasteiger partial charge in [0.25, 0.3) is 0 Å². The molecule has 7 nitrogen and oxygen atoms in total. The van der Waals surface area contributed by atoms with Crippen molar-refractivity contribution >= 4 is 24.3 Å². The van der Waals surface area contributed by atoms with Gasteiger partial charge in [0.1, 0.15) is 11.2 Å². The molecule has 0 saturated carbocycles. The van der Waals surface area contributed by atoms with Crippen LogP contribution in [0.2, 0.25) is 0 Å². The number of nitrogens with zero attached hydrogens (tertiary/aromatic N) is 1. The predicted octanol–water partition coefficient (Wildman–Crippen LogP) is 1.64. The fourth-order valence-corrected chi connectivity index (χ4v) is 3.95. The SMILES string of the molecule is C=c1oc(C)cc1=C1NN=C(CCC(=O)NCC2(c3ccccc3)CCOCC2)O1. The van der Waals surface area contributed by atoms with Crippen molar-refractivity contribution in [3.05, 3.63) is 58.4 Å². The second-order valence-corrected chi connectivity index (χ2v) is 7.78. The van der Waals surface area contributed by atoms with E-state index in [4.69, 9.17) is 13.9 Å². The Kier molecular flexibility index (Phi) is 5.90. The van der Waals surface area contributed by atoms with Crippen LogP contribution in [0, 0.1) is 6.92 Å². The molecule has 2 aliphatic rings. The molecule has 2 aliphatic heterocycles. The van der Waals surface area contributed by atoms with Crippen LogP contribution in [-0.4, -0.2) is 31.6 Å². The van der Waals surface area contributed by atoms with Crippen LogP contribution in [-0.2, 0) is 19.7 Å². The first-order valence-electron chi connectivity index (χ1n) is 10.3. The molecule has 1 fully saturated rings. The minimum atomic E-state index is -0.0806. The Morgan fingerprint density at radius 2 is 2.03 bits per heavy atom. The van der Waals surface area contributed by atoms with Crippen LogP contribution in [0.1, 0.15) is 37.0 Å². The van der Waals surface area contributed by atoms with Gasteiger partial charge in [0.15, 0.2) is 0 Å². The average molecular weight is 409 g/mol. The van der Waals surface area contributed by atoms with Gasteiger partial charge >= 0.3 is 0 Å². The smallest absolute Gasteiger partial charge is 0.226 e. The quantitative estimate of drug-likeness (QED) is 0.758. The lowest BCUT2D eigenvalue weighted by atomic mass is 9.74. The van der Waals surface area contributed by atoms with Gasteiger partial charge in [0.05, 0.1) is 5.22 Å². The molecular formula is C23H27N3O4. The normalized spacial score (nSPS) is 19.6. The number of carbonyl (C=O) groups is 1. The topological polar surface area (TPSA) is 85.1 Å². The molecule has 1 aromatic carbocycles. The number of furan rings is 1. The summed E-state index contributed by atoms with van der Waals surface area (Å²) in [6.07, 6.45) is 2.50. The van der Waals surface area contributed by atoms with Crippen LogP contribution >= 0.6 is 0 Å². The van der Waals surface area contributed by atoms with E-state index in [0.717, 1.165) is 23.8 Å². The molecule has 0 unspecified atom stereocenters. The van der Waals surface area contributed by atoms with Gasteiger partial charge in [0.2, 0.25) is 17.7 Å². The third-order valence-corrected chi connectivity index (χ3v) is 5.70. The lowest BCUT2D eigenvalue weighted by Crippen LogP contribution is -2.44. The average Bonchev–Trinajstić information content (AvgIpc) is 3.37. The van der Waals surface area contributed by atoms with E-state index in [2.05, 4.69) is 34.6 Å². The largest absolute Gasteiger partial charge is 0.462 e. The molecule has 0 aliphatic carbocycles. The Balaban J connectivity index is 1.32. The molecule has 0 spiro atoms. The number of hydrogen-bond acceptors (Lipinski definition) is 6. The Labute approximate surface area is 175 Å². The molecule has 7 heteroatoms. The zero-order valence-corrected chi connectivity index (χ0v) is 17.2. The van der Waals surface area contributed by atoms with Crippen LogP contribution in [0.5, 0.6) is 0 Å². The predicted molar refractivity (Wildman–Crippen MR) is 114 cm³/mol. The molecule has 158 valence electrons. The van der Waals surface area contributed by atoms with Crippen molar-refractivity contribution in [1.29, 1.82) is 0 Å². The van der Waals surface area contributed by atoms with E-state index in [9.17, 15) is 4.79 Å². The molecule has 2 N–H and O–H groups in total. The van der Waals surface area contributed by atoms with Gasteiger partial charge in [-0.2, -0.15) is 0 Å². The minimum Gasteiger partial charge on any atom is -0.462 e. The Bertz CT molecular complexity index is 1040. The zero-order valence-electron chi connectivity index (χ0n) is 17.2. The minimum absolute atomic E-state index is 0.0199. The van der Waals surface area contributed by atoms with E-state index in [-0.39, 0.29) is 11.3 Å². The standard InChI is InChI=1S/C23H27N3O4/c1-16-14-19(17(2)29-16)22-26-25-21(30-22)9-8-20(27)24-15-23(10-12-28-13-11-23)18-6-4-3-5-7-18/h3-7,14,26H,2,8-13,15H2,1H3,(H,24,27). The molecule has 1 saturated heterocycles. The molecule has 1 aromatic heterocycles. The van der Waals surface area contributed by atoms with E-state index >= 15 is 0 Å². The highest BCUT2D eigenvalue weighted by atomic mass is 16.5. The summed E-state index contributed by atoms with van der Waals surface area (Å²) < 4.78 is 16.7. The monoisotopic (exact) mass is 409 g/mol. The number of benzene rings is 1. The fourth-order valence-electron chi connectivity index (χ4n) is 3.95. The van der Waals surface area contributed by atoms with E-state index in [0.29, 0.717) is 49.8 Å². The van der Waals surface area contributed by atoms with E-state index in [1.807, 2.05) is 31.2 Å². The fraction of sp³-hybridized carbons (Fsp3) is 0.391. The van der Waals surface area contributed by atoms with E-state index in [1.54, 1.807) is 0 Å². The molecule has 1 amide bonds. The van der Waals surface area contributed by atoms with Crippen LogP contribution in [0.3, 0.4) is 0 Å². The van der Waals surface area contributed by atoms with Crippen LogP contribution in [0.15, 0.2) is 45.9 Å². The molecule has 3 heterocycles. The summed E-state index contributed by atoms with van der Waals surface area (Å²) >= 11 is 0. The van der Waals surface area contributed by atoms with Gasteiger partial charge in [-0.1, -0.05) is 36.9 Å². The summed E-state index contributed by atoms with van der Waals surface area (Å²) in [5.74, 6) is 1.69. The maximum absolute atomic E-state index is 12.5. The summed E-state index contributed by atoms with van der Waals surface area (Å²) in [6.45, 7) is 7.72. The second kappa shape index (κ2) is 8.75. The highest BCUT2D eigenvalue weighted by Gasteiger charge is 2.34. The summed E-state index contributed by atoms with van der Waals surface area (Å²) in [5.41, 5.74) is 4.54. The zero-order chi connectivity index (χ0) is 21.0. The maximum Gasteiger partial charge on any atom is 0.226 e. The molecular weight excluding hydrogens is 382 g/mol. The van der Waals surface area contributed by atoms with Gasteiger partial charge in [-0.3, -0.25) is 4.79 Å². The van der Waals surface area contributed by atoms with Gasteiger partial charge < -0.3 is 19.2 Å². The third-order valence-electron chi connectivity index (χ3n) is 5.70. The van der Waals surface area contributed by atoms with Gasteiger partial charge in [0, 0.05) is 38.0 Å². The number of aryl methyl sites for hydroxylation is 1. The lowest BCUT2D eigenvalue weighted by molar-refractivity contribution is -0.121. The Hall–Kier alpha value is -3.06. The summed E-state index contributed by atoms with van der Waals surface area (Å²) in [4.78, 5) is 12.5. The highest BCUT2D eigenvalue weighted by Crippen LogP contribution is 2.34. The van der Waals surface area contributed by atoms with Gasteiger partial charge in [-0.05, 0) is 31.4 Å². The number of ether oxygens (including phenoxy) is 2. The van der Waals surface area contributed by atoms with Crippen molar-refractivity contribution in [2.45, 2.75) is 38.0 Å². The molecule has 0 bridgehead atoms. The van der Waals surface area contributed by atoms with Gasteiger partial charge in [-0.25, -0.2) is 5.43 Å². The summed E-state index contributed by atoms with van der Waals surface area (Å²) in [5, 5.41) is 8.02. The highest BCUT2D eigenvalue weighted by molar-refractivity contribution is 5.87. The first-order chi connectivity index (χ1) is 14.6. The van der Waals surface area contributed by atoms with Crippen molar-refractivity contribution in [3.8, 4) is 0 Å². The number of hydrogen-bond donors (Lipinski definition) is 2. The van der Waals surface area contributed by atoms with Crippen LogP contribution in [0.25, 0.3) is 12.5 Å². The molecule has 0 radical (unpaired) electrons. The number of rotatable bonds is 6. The molecule has 30 heavy (non-hydrogen) atoms. The van der Waals surface area contributed by atoms with Crippen LogP contribution < -0.4 is 21.4 Å². The van der Waals surface area contributed by atoms with Crippen molar-refractivity contribution in [3.63, 3.8) is 0 Å². The molecule has 0 atom stereocenters. The van der Waals surface area contributed by atoms with Crippen molar-refractivity contribution in [2.75, 3.05) is 19.8 Å². The summed E-state index contributed by atoms with van der Waals surface area (Å²) in [7, 11) is 0. The van der Waals surface area contributed by atoms with Crippen molar-refractivity contribution < 1.29 is 18.7 Å². The third kappa shape index (κ3) is 4.41. The number of hydrazone groups is 1. The van der Waals surface area contributed by atoms with E-state index in [1.165, 1.54) is 5.56 Å². The van der Waals surface area contributed by atoms with Crippen LogP contribution in [0.4, 0.5) is 0 Å². The summed E-state index contributed by atoms with van der Waals surface area (Å²) in [6, 6.07) is 12.2. The first-order valence-corrected chi connectivity index (χ1v) is 10.3. The first kappa shape index (κ1) is 20.2. The lowest BCUT2D eigenvalue weighted by Gasteiger charge is -2.38. The number of amides is 1. The van der Waals surface area contributed by atoms with Crippen molar-refractivity contribution in [2.24, 2.45) is 5.10 Å². The Morgan fingerprint density at radius 1 is 1.27 bits per heavy atom. The molecule has 2 aromatic rings. The number of nitrogens with one attached hydrogen (secondary N) is 2. The second-order valence-electron chi connectivity index (χ2n) is 7.78. The van der Waals surface area contributed by atoms with Gasteiger partial charge in [-0.15, -0.1) is 5.10 Å². The maximum atomic E-state index is 12.5. The number of carbonyl (C=O) groups excluding carboxylic acids is 1. The van der Waals surface area contributed by atoms with E-state index < -0.39 is 0 Å².